The van der Waals surface area contributed by atoms with Crippen LogP contribution < -0.4 is 0 Å². The number of carbonyl (C=O) groups is 1. The van der Waals surface area contributed by atoms with E-state index in [0.29, 0.717) is 5.56 Å². The fraction of sp³-hybridized carbons (Fsp3) is 0.250. The van der Waals surface area contributed by atoms with Gasteiger partial charge in [0, 0.05) is 5.56 Å². The zero-order valence-corrected chi connectivity index (χ0v) is 9.05. The van der Waals surface area contributed by atoms with Gasteiger partial charge in [0.05, 0.1) is 7.11 Å². The summed E-state index contributed by atoms with van der Waals surface area (Å²) in [5, 5.41) is 1.10. The van der Waals surface area contributed by atoms with Crippen molar-refractivity contribution in [2.75, 3.05) is 20.4 Å². The lowest BCUT2D eigenvalue weighted by molar-refractivity contribution is -0.148. The number of hydrogen-bond acceptors (Lipinski definition) is 3. The van der Waals surface area contributed by atoms with Crippen molar-refractivity contribution in [3.63, 3.8) is 0 Å². The Morgan fingerprint density at radius 3 is 2.69 bits per heavy atom. The molecule has 1 rings (SSSR count). The average Bonchev–Trinajstić information content (AvgIpc) is 2.35. The van der Waals surface area contributed by atoms with Crippen molar-refractivity contribution in [1.82, 2.24) is 5.06 Å². The lowest BCUT2D eigenvalue weighted by atomic mass is 10.2. The van der Waals surface area contributed by atoms with E-state index in [1.165, 1.54) is 7.11 Å². The third kappa shape index (κ3) is 3.39. The van der Waals surface area contributed by atoms with Gasteiger partial charge in [-0.1, -0.05) is 24.1 Å². The molecule has 4 heteroatoms. The molecule has 0 saturated carbocycles. The van der Waals surface area contributed by atoms with E-state index in [4.69, 9.17) is 16.0 Å². The fourth-order valence-corrected chi connectivity index (χ4v) is 1.11. The molecule has 0 aliphatic carbocycles. The van der Waals surface area contributed by atoms with Crippen molar-refractivity contribution in [2.24, 2.45) is 0 Å². The normalized spacial score (nSPS) is 9.50. The summed E-state index contributed by atoms with van der Waals surface area (Å²) < 4.78 is 5.02. The summed E-state index contributed by atoms with van der Waals surface area (Å²) in [6, 6.07) is 8.81. The zero-order valence-electron chi connectivity index (χ0n) is 9.05. The number of hydroxylamine groups is 2. The molecule has 16 heavy (non-hydrogen) atoms. The standard InChI is InChI=1S/C12H13NO3/c1-3-9-16-10-13(15-2)12(14)11-7-5-4-6-8-11/h1,4-8H,9-10H2,2H3. The molecule has 0 unspecified atom stereocenters. The minimum atomic E-state index is -0.264. The molecule has 0 heterocycles. The second-order valence-electron chi connectivity index (χ2n) is 2.91. The summed E-state index contributed by atoms with van der Waals surface area (Å²) in [7, 11) is 1.40. The molecular formula is C12H13NO3. The van der Waals surface area contributed by atoms with Gasteiger partial charge in [0.25, 0.3) is 5.91 Å². The summed E-state index contributed by atoms with van der Waals surface area (Å²) in [5.41, 5.74) is 0.536. The van der Waals surface area contributed by atoms with E-state index in [1.807, 2.05) is 6.07 Å². The molecule has 0 aliphatic rings. The van der Waals surface area contributed by atoms with Gasteiger partial charge in [-0.25, -0.2) is 0 Å². The predicted octanol–water partition coefficient (Wildman–Crippen LogP) is 1.30. The topological polar surface area (TPSA) is 38.8 Å². The van der Waals surface area contributed by atoms with Gasteiger partial charge in [-0.3, -0.25) is 9.63 Å². The Morgan fingerprint density at radius 2 is 2.12 bits per heavy atom. The number of ether oxygens (including phenoxy) is 1. The Labute approximate surface area is 94.7 Å². The first-order chi connectivity index (χ1) is 7.79. The quantitative estimate of drug-likeness (QED) is 0.324. The van der Waals surface area contributed by atoms with E-state index >= 15 is 0 Å². The van der Waals surface area contributed by atoms with Crippen molar-refractivity contribution >= 4 is 5.91 Å². The summed E-state index contributed by atoms with van der Waals surface area (Å²) in [6.45, 7) is 0.149. The summed E-state index contributed by atoms with van der Waals surface area (Å²) in [6.07, 6.45) is 5.02. The Bertz CT molecular complexity index is 370. The van der Waals surface area contributed by atoms with Crippen LogP contribution in [0.15, 0.2) is 30.3 Å². The van der Waals surface area contributed by atoms with Crippen LogP contribution >= 0.6 is 0 Å². The molecule has 0 bridgehead atoms. The molecule has 84 valence electrons. The number of terminal acetylenes is 1. The van der Waals surface area contributed by atoms with E-state index in [2.05, 4.69) is 5.92 Å². The molecule has 0 radical (unpaired) electrons. The molecule has 0 aromatic heterocycles. The number of benzene rings is 1. The van der Waals surface area contributed by atoms with E-state index in [0.717, 1.165) is 5.06 Å². The lowest BCUT2D eigenvalue weighted by Crippen LogP contribution is -2.32. The van der Waals surface area contributed by atoms with Crippen molar-refractivity contribution in [1.29, 1.82) is 0 Å². The van der Waals surface area contributed by atoms with Crippen LogP contribution in [0.3, 0.4) is 0 Å². The van der Waals surface area contributed by atoms with E-state index in [1.54, 1.807) is 24.3 Å². The molecule has 0 N–H and O–H groups in total. The van der Waals surface area contributed by atoms with E-state index in [-0.39, 0.29) is 19.2 Å². The molecule has 4 nitrogen and oxygen atoms in total. The highest BCUT2D eigenvalue weighted by Crippen LogP contribution is 2.04. The Kier molecular flexibility index (Phi) is 5.06. The van der Waals surface area contributed by atoms with Gasteiger partial charge in [-0.15, -0.1) is 6.42 Å². The van der Waals surface area contributed by atoms with Crippen molar-refractivity contribution in [3.05, 3.63) is 35.9 Å². The molecule has 0 atom stereocenters. The van der Waals surface area contributed by atoms with Crippen LogP contribution in [0, 0.1) is 12.3 Å². The first-order valence-corrected chi connectivity index (χ1v) is 4.72. The number of amides is 1. The largest absolute Gasteiger partial charge is 0.346 e. The van der Waals surface area contributed by atoms with Gasteiger partial charge >= 0.3 is 0 Å². The maximum absolute atomic E-state index is 11.8. The van der Waals surface area contributed by atoms with Gasteiger partial charge < -0.3 is 4.74 Å². The first-order valence-electron chi connectivity index (χ1n) is 4.72. The van der Waals surface area contributed by atoms with Gasteiger partial charge in [0.15, 0.2) is 0 Å². The molecule has 1 aromatic carbocycles. The van der Waals surface area contributed by atoms with E-state index in [9.17, 15) is 4.79 Å². The maximum Gasteiger partial charge on any atom is 0.279 e. The highest BCUT2D eigenvalue weighted by Gasteiger charge is 2.14. The second kappa shape index (κ2) is 6.62. The summed E-state index contributed by atoms with van der Waals surface area (Å²) in [4.78, 5) is 16.7. The zero-order chi connectivity index (χ0) is 11.8. The van der Waals surface area contributed by atoms with Crippen LogP contribution in [-0.4, -0.2) is 31.4 Å². The first kappa shape index (κ1) is 12.2. The van der Waals surface area contributed by atoms with Gasteiger partial charge in [-0.2, -0.15) is 5.06 Å². The average molecular weight is 219 g/mol. The smallest absolute Gasteiger partial charge is 0.279 e. The maximum atomic E-state index is 11.8. The molecule has 0 fully saturated rings. The van der Waals surface area contributed by atoms with Crippen LogP contribution in [0.1, 0.15) is 10.4 Å². The van der Waals surface area contributed by atoms with Crippen molar-refractivity contribution in [3.8, 4) is 12.3 Å². The van der Waals surface area contributed by atoms with Crippen LogP contribution in [0.5, 0.6) is 0 Å². The van der Waals surface area contributed by atoms with Crippen molar-refractivity contribution < 1.29 is 14.4 Å². The third-order valence-electron chi connectivity index (χ3n) is 1.86. The monoisotopic (exact) mass is 219 g/mol. The molecule has 0 saturated heterocycles. The molecule has 0 aliphatic heterocycles. The van der Waals surface area contributed by atoms with Crippen LogP contribution in [-0.2, 0) is 9.57 Å². The summed E-state index contributed by atoms with van der Waals surface area (Å²) >= 11 is 0. The second-order valence-corrected chi connectivity index (χ2v) is 2.91. The van der Waals surface area contributed by atoms with E-state index < -0.39 is 0 Å². The SMILES string of the molecule is C#CCOCN(OC)C(=O)c1ccccc1. The molecule has 0 spiro atoms. The predicted molar refractivity (Wildman–Crippen MR) is 59.3 cm³/mol. The Hall–Kier alpha value is -1.83. The number of hydrogen-bond donors (Lipinski definition) is 0. The number of carbonyl (C=O) groups excluding carboxylic acids is 1. The van der Waals surface area contributed by atoms with Crippen LogP contribution in [0.25, 0.3) is 0 Å². The third-order valence-corrected chi connectivity index (χ3v) is 1.86. The minimum Gasteiger partial charge on any atom is -0.346 e. The molecular weight excluding hydrogens is 206 g/mol. The highest BCUT2D eigenvalue weighted by molar-refractivity contribution is 5.93. The van der Waals surface area contributed by atoms with Crippen molar-refractivity contribution in [2.45, 2.75) is 0 Å². The van der Waals surface area contributed by atoms with Gasteiger partial charge in [0.2, 0.25) is 0 Å². The summed E-state index contributed by atoms with van der Waals surface area (Å²) in [5.74, 6) is 2.05. The highest BCUT2D eigenvalue weighted by atomic mass is 16.7. The minimum absolute atomic E-state index is 0.00836. The number of nitrogens with zero attached hydrogens (tertiary/aromatic N) is 1. The Balaban J connectivity index is 2.60. The Morgan fingerprint density at radius 1 is 1.44 bits per heavy atom. The van der Waals surface area contributed by atoms with Gasteiger partial charge in [-0.05, 0) is 12.1 Å². The van der Waals surface area contributed by atoms with Crippen LogP contribution in [0.4, 0.5) is 0 Å². The number of rotatable bonds is 5. The van der Waals surface area contributed by atoms with Crippen LogP contribution in [0.2, 0.25) is 0 Å². The van der Waals surface area contributed by atoms with Gasteiger partial charge in [0.1, 0.15) is 13.3 Å². The molecule has 1 aromatic rings. The fourth-order valence-electron chi connectivity index (χ4n) is 1.11. The molecule has 1 amide bonds. The lowest BCUT2D eigenvalue weighted by Gasteiger charge is -2.18.